The van der Waals surface area contributed by atoms with Crippen molar-refractivity contribution in [2.75, 3.05) is 0 Å². The van der Waals surface area contributed by atoms with Crippen LogP contribution in [0.3, 0.4) is 0 Å². The normalized spacial score (nSPS) is 18.3. The van der Waals surface area contributed by atoms with Crippen molar-refractivity contribution in [2.45, 2.75) is 40.5 Å². The molecule has 1 aliphatic rings. The Hall–Kier alpha value is -0.780. The lowest BCUT2D eigenvalue weighted by Crippen LogP contribution is -2.16. The van der Waals surface area contributed by atoms with E-state index < -0.39 is 0 Å². The van der Waals surface area contributed by atoms with Crippen LogP contribution in [-0.2, 0) is 0 Å². The zero-order valence-corrected chi connectivity index (χ0v) is 9.28. The fraction of sp³-hybridized carbons (Fsp3) is 0.538. The summed E-state index contributed by atoms with van der Waals surface area (Å²) in [5.41, 5.74) is 4.44. The summed E-state index contributed by atoms with van der Waals surface area (Å²) in [4.78, 5) is 0. The molecule has 0 unspecified atom stereocenters. The van der Waals surface area contributed by atoms with Crippen molar-refractivity contribution in [3.63, 3.8) is 0 Å². The summed E-state index contributed by atoms with van der Waals surface area (Å²) < 4.78 is 0. The molecule has 0 fully saturated rings. The van der Waals surface area contributed by atoms with Crippen LogP contribution in [0.5, 0.6) is 0 Å². The van der Waals surface area contributed by atoms with E-state index in [-0.39, 0.29) is 0 Å². The maximum absolute atomic E-state index is 3.99. The van der Waals surface area contributed by atoms with E-state index in [0.717, 1.165) is 6.42 Å². The van der Waals surface area contributed by atoms with Gasteiger partial charge >= 0.3 is 0 Å². The Balaban J connectivity index is 2.96. The molecule has 0 saturated carbocycles. The predicted octanol–water partition coefficient (Wildman–Crippen LogP) is 4.26. The van der Waals surface area contributed by atoms with Crippen molar-refractivity contribution in [3.8, 4) is 0 Å². The van der Waals surface area contributed by atoms with Crippen LogP contribution in [0.25, 0.3) is 0 Å². The van der Waals surface area contributed by atoms with E-state index in [2.05, 4.69) is 46.4 Å². The Morgan fingerprint density at radius 2 is 2.08 bits per heavy atom. The summed E-state index contributed by atoms with van der Waals surface area (Å²) in [5, 5.41) is 0. The van der Waals surface area contributed by atoms with Gasteiger partial charge in [-0.15, -0.1) is 0 Å². The molecule has 0 atom stereocenters. The molecule has 72 valence electrons. The molecule has 0 heterocycles. The van der Waals surface area contributed by atoms with E-state index in [1.165, 1.54) is 23.1 Å². The maximum Gasteiger partial charge on any atom is -0.00971 e. The lowest BCUT2D eigenvalue weighted by molar-refractivity contribution is 0.432. The zero-order valence-electron chi connectivity index (χ0n) is 9.28. The minimum absolute atomic E-state index is 0.321. The minimum atomic E-state index is 0.321. The molecule has 0 spiro atoms. The summed E-state index contributed by atoms with van der Waals surface area (Å²) in [6.07, 6.45) is 6.76. The van der Waals surface area contributed by atoms with Crippen LogP contribution in [-0.4, -0.2) is 0 Å². The highest BCUT2D eigenvalue weighted by atomic mass is 14.3. The van der Waals surface area contributed by atoms with Gasteiger partial charge in [0.15, 0.2) is 0 Å². The van der Waals surface area contributed by atoms with Crippen LogP contribution < -0.4 is 0 Å². The van der Waals surface area contributed by atoms with Gasteiger partial charge in [0.25, 0.3) is 0 Å². The van der Waals surface area contributed by atoms with Crippen LogP contribution >= 0.6 is 0 Å². The average molecular weight is 176 g/mol. The van der Waals surface area contributed by atoms with Gasteiger partial charge in [0.1, 0.15) is 0 Å². The third-order valence-electron chi connectivity index (χ3n) is 3.03. The van der Waals surface area contributed by atoms with Gasteiger partial charge in [-0.1, -0.05) is 45.1 Å². The standard InChI is InChI=1S/C13H20/c1-6-13(4,5)12-8-7-10(2)9-11(12)3/h8-9H,2,6-7H2,1,3-5H3. The summed E-state index contributed by atoms with van der Waals surface area (Å²) in [6.45, 7) is 13.0. The van der Waals surface area contributed by atoms with Gasteiger partial charge in [-0.3, -0.25) is 0 Å². The Labute approximate surface area is 82.0 Å². The van der Waals surface area contributed by atoms with Crippen LogP contribution in [0.4, 0.5) is 0 Å². The molecule has 0 aromatic carbocycles. The number of hydrogen-bond donors (Lipinski definition) is 0. The second-order valence-corrected chi connectivity index (χ2v) is 4.54. The van der Waals surface area contributed by atoms with Crippen LogP contribution in [0.1, 0.15) is 40.5 Å². The first-order valence-corrected chi connectivity index (χ1v) is 5.04. The summed E-state index contributed by atoms with van der Waals surface area (Å²) in [6, 6.07) is 0. The first-order valence-electron chi connectivity index (χ1n) is 5.04. The van der Waals surface area contributed by atoms with Gasteiger partial charge in [-0.05, 0) is 36.3 Å². The van der Waals surface area contributed by atoms with Gasteiger partial charge in [0, 0.05) is 0 Å². The summed E-state index contributed by atoms with van der Waals surface area (Å²) in [5.74, 6) is 0. The van der Waals surface area contributed by atoms with E-state index in [1.807, 2.05) is 0 Å². The minimum Gasteiger partial charge on any atom is -0.0955 e. The van der Waals surface area contributed by atoms with Crippen molar-refractivity contribution in [2.24, 2.45) is 5.41 Å². The largest absolute Gasteiger partial charge is 0.0955 e. The Morgan fingerprint density at radius 1 is 1.46 bits per heavy atom. The first-order chi connectivity index (χ1) is 5.97. The maximum atomic E-state index is 3.99. The third-order valence-corrected chi connectivity index (χ3v) is 3.03. The molecule has 0 N–H and O–H groups in total. The average Bonchev–Trinajstić information content (AvgIpc) is 2.03. The molecule has 0 aromatic heterocycles. The molecule has 0 radical (unpaired) electrons. The number of allylic oxidation sites excluding steroid dienone is 5. The van der Waals surface area contributed by atoms with E-state index in [4.69, 9.17) is 0 Å². The number of hydrogen-bond acceptors (Lipinski definition) is 0. The van der Waals surface area contributed by atoms with E-state index in [0.29, 0.717) is 5.41 Å². The molecule has 0 aliphatic heterocycles. The van der Waals surface area contributed by atoms with Crippen molar-refractivity contribution < 1.29 is 0 Å². The molecular formula is C13H20. The highest BCUT2D eigenvalue weighted by molar-refractivity contribution is 5.43. The molecule has 0 bridgehead atoms. The lowest BCUT2D eigenvalue weighted by Gasteiger charge is -2.29. The van der Waals surface area contributed by atoms with E-state index >= 15 is 0 Å². The molecule has 1 rings (SSSR count). The number of rotatable bonds is 2. The van der Waals surface area contributed by atoms with Gasteiger partial charge in [-0.2, -0.15) is 0 Å². The van der Waals surface area contributed by atoms with Crippen molar-refractivity contribution in [1.82, 2.24) is 0 Å². The molecule has 13 heavy (non-hydrogen) atoms. The van der Waals surface area contributed by atoms with Crippen LogP contribution in [0.15, 0.2) is 35.5 Å². The smallest absolute Gasteiger partial charge is 0.00971 e. The topological polar surface area (TPSA) is 0 Å². The molecule has 0 amide bonds. The van der Waals surface area contributed by atoms with E-state index in [9.17, 15) is 0 Å². The Morgan fingerprint density at radius 3 is 2.54 bits per heavy atom. The molecular weight excluding hydrogens is 156 g/mol. The molecule has 0 heteroatoms. The van der Waals surface area contributed by atoms with Gasteiger partial charge in [-0.25, -0.2) is 0 Å². The van der Waals surface area contributed by atoms with Gasteiger partial charge < -0.3 is 0 Å². The lowest BCUT2D eigenvalue weighted by atomic mass is 9.75. The first kappa shape index (κ1) is 10.3. The fourth-order valence-corrected chi connectivity index (χ4v) is 1.84. The second kappa shape index (κ2) is 3.53. The predicted molar refractivity (Wildman–Crippen MR) is 59.7 cm³/mol. The zero-order chi connectivity index (χ0) is 10.1. The Bertz CT molecular complexity index is 274. The fourth-order valence-electron chi connectivity index (χ4n) is 1.84. The Kier molecular flexibility index (Phi) is 2.80. The third kappa shape index (κ3) is 2.12. The summed E-state index contributed by atoms with van der Waals surface area (Å²) >= 11 is 0. The van der Waals surface area contributed by atoms with Gasteiger partial charge in [0.05, 0.1) is 0 Å². The molecule has 0 saturated heterocycles. The van der Waals surface area contributed by atoms with Crippen LogP contribution in [0, 0.1) is 5.41 Å². The summed E-state index contributed by atoms with van der Waals surface area (Å²) in [7, 11) is 0. The molecule has 1 aliphatic carbocycles. The molecule has 0 aromatic rings. The second-order valence-electron chi connectivity index (χ2n) is 4.54. The van der Waals surface area contributed by atoms with Crippen molar-refractivity contribution in [3.05, 3.63) is 35.5 Å². The van der Waals surface area contributed by atoms with Crippen LogP contribution in [0.2, 0.25) is 0 Å². The SMILES string of the molecule is C=C1C=C(C)C(C(C)(C)CC)=CC1. The quantitative estimate of drug-likeness (QED) is 0.590. The highest BCUT2D eigenvalue weighted by Crippen LogP contribution is 2.37. The van der Waals surface area contributed by atoms with Gasteiger partial charge in [0.2, 0.25) is 0 Å². The molecule has 0 nitrogen and oxygen atoms in total. The van der Waals surface area contributed by atoms with E-state index in [1.54, 1.807) is 0 Å². The van der Waals surface area contributed by atoms with Crippen molar-refractivity contribution >= 4 is 0 Å². The van der Waals surface area contributed by atoms with Crippen molar-refractivity contribution in [1.29, 1.82) is 0 Å². The monoisotopic (exact) mass is 176 g/mol. The highest BCUT2D eigenvalue weighted by Gasteiger charge is 2.23.